The predicted molar refractivity (Wildman–Crippen MR) is 116 cm³/mol. The van der Waals surface area contributed by atoms with Gasteiger partial charge >= 0.3 is 18.3 Å². The summed E-state index contributed by atoms with van der Waals surface area (Å²) in [6.07, 6.45) is -7.05. The van der Waals surface area contributed by atoms with Gasteiger partial charge in [-0.3, -0.25) is 4.79 Å². The Hall–Kier alpha value is -2.91. The normalized spacial score (nSPS) is 19.6. The fourth-order valence-electron chi connectivity index (χ4n) is 4.69. The quantitative estimate of drug-likeness (QED) is 0.414. The third-order valence-corrected chi connectivity index (χ3v) is 6.61. The van der Waals surface area contributed by atoms with Gasteiger partial charge in [-0.05, 0) is 67.0 Å². The molecule has 1 heterocycles. The van der Waals surface area contributed by atoms with E-state index in [1.807, 2.05) is 6.07 Å². The van der Waals surface area contributed by atoms with Gasteiger partial charge < -0.3 is 14.7 Å². The van der Waals surface area contributed by atoms with Crippen LogP contribution in [0.15, 0.2) is 42.5 Å². The smallest absolute Gasteiger partial charge is 0.418 e. The van der Waals surface area contributed by atoms with Crippen molar-refractivity contribution in [3.05, 3.63) is 59.2 Å². The molecule has 4 nitrogen and oxygen atoms in total. The first-order valence-corrected chi connectivity index (χ1v) is 11.4. The molecule has 0 bridgehead atoms. The van der Waals surface area contributed by atoms with E-state index in [1.165, 1.54) is 4.90 Å². The summed E-state index contributed by atoms with van der Waals surface area (Å²) in [5.41, 5.74) is -1.81. The monoisotopic (exact) mass is 501 g/mol. The molecule has 1 saturated heterocycles. The molecule has 1 unspecified atom stereocenters. The standard InChI is InChI=1S/C25H25F6NO3/c26-24(27,28)18-6-7-21(25(29,30)31)22(11-18)32-9-8-15(13-32)14-35-19-3-1-2-17(10-19)20(12-23(33)34)16-4-5-16/h1-3,6-7,10-11,15-16,20H,4-5,8-9,12-14H2,(H,33,34)/t15?,20-/m0/s1. The average molecular weight is 501 g/mol. The number of benzene rings is 2. The Labute approximate surface area is 198 Å². The van der Waals surface area contributed by atoms with Gasteiger partial charge in [0.25, 0.3) is 0 Å². The lowest BCUT2D eigenvalue weighted by molar-refractivity contribution is -0.141. The Morgan fingerprint density at radius 1 is 1.03 bits per heavy atom. The van der Waals surface area contributed by atoms with E-state index in [0.717, 1.165) is 18.4 Å². The van der Waals surface area contributed by atoms with Crippen LogP contribution < -0.4 is 9.64 Å². The molecule has 190 valence electrons. The molecule has 2 aliphatic rings. The molecule has 1 aliphatic heterocycles. The number of nitrogens with zero attached hydrogens (tertiary/aromatic N) is 1. The average Bonchev–Trinajstić information content (AvgIpc) is 3.51. The van der Waals surface area contributed by atoms with Crippen LogP contribution in [0.4, 0.5) is 32.0 Å². The van der Waals surface area contributed by atoms with Crippen molar-refractivity contribution < 1.29 is 41.0 Å². The molecule has 2 aromatic carbocycles. The van der Waals surface area contributed by atoms with Crippen LogP contribution in [0, 0.1) is 11.8 Å². The zero-order valence-corrected chi connectivity index (χ0v) is 18.7. The summed E-state index contributed by atoms with van der Waals surface area (Å²) in [6.45, 7) is 0.502. The van der Waals surface area contributed by atoms with Gasteiger partial charge in [0.15, 0.2) is 0 Å². The first kappa shape index (κ1) is 25.2. The van der Waals surface area contributed by atoms with Crippen molar-refractivity contribution in [3.63, 3.8) is 0 Å². The van der Waals surface area contributed by atoms with Gasteiger partial charge in [-0.15, -0.1) is 0 Å². The molecule has 1 N–H and O–H groups in total. The van der Waals surface area contributed by atoms with Crippen molar-refractivity contribution in [2.45, 2.75) is 44.0 Å². The molecule has 2 fully saturated rings. The number of anilines is 1. The second kappa shape index (κ2) is 9.62. The van der Waals surface area contributed by atoms with Crippen molar-refractivity contribution in [2.75, 3.05) is 24.6 Å². The zero-order valence-electron chi connectivity index (χ0n) is 18.7. The van der Waals surface area contributed by atoms with Crippen molar-refractivity contribution >= 4 is 11.7 Å². The van der Waals surface area contributed by atoms with Gasteiger partial charge in [0, 0.05) is 24.7 Å². The Kier molecular flexibility index (Phi) is 6.92. The fraction of sp³-hybridized carbons (Fsp3) is 0.480. The van der Waals surface area contributed by atoms with Crippen LogP contribution >= 0.6 is 0 Å². The molecule has 10 heteroatoms. The van der Waals surface area contributed by atoms with Gasteiger partial charge in [0.1, 0.15) is 5.75 Å². The summed E-state index contributed by atoms with van der Waals surface area (Å²) in [7, 11) is 0. The maximum atomic E-state index is 13.5. The SMILES string of the molecule is O=C(O)C[C@H](c1cccc(OCC2CCN(c3cc(C(F)(F)F)ccc3C(F)(F)F)C2)c1)C1CC1. The molecule has 2 aromatic rings. The van der Waals surface area contributed by atoms with Crippen molar-refractivity contribution in [1.29, 1.82) is 0 Å². The second-order valence-electron chi connectivity index (χ2n) is 9.25. The van der Waals surface area contributed by atoms with Crippen LogP contribution in [-0.2, 0) is 17.1 Å². The van der Waals surface area contributed by atoms with Gasteiger partial charge in [-0.25, -0.2) is 0 Å². The van der Waals surface area contributed by atoms with Crippen molar-refractivity contribution in [2.24, 2.45) is 11.8 Å². The summed E-state index contributed by atoms with van der Waals surface area (Å²) in [5, 5.41) is 9.22. The van der Waals surface area contributed by atoms with Crippen LogP contribution in [0.3, 0.4) is 0 Å². The molecular formula is C25H25F6NO3. The summed E-state index contributed by atoms with van der Waals surface area (Å²) < 4.78 is 85.7. The first-order valence-electron chi connectivity index (χ1n) is 11.4. The molecule has 35 heavy (non-hydrogen) atoms. The number of halogens is 6. The number of hydrogen-bond acceptors (Lipinski definition) is 3. The molecular weight excluding hydrogens is 476 g/mol. The predicted octanol–water partition coefficient (Wildman–Crippen LogP) is 6.60. The Balaban J connectivity index is 1.44. The number of rotatable bonds is 8. The van der Waals surface area contributed by atoms with Gasteiger partial charge in [-0.1, -0.05) is 12.1 Å². The Morgan fingerprint density at radius 2 is 1.77 bits per heavy atom. The van der Waals surface area contributed by atoms with Crippen LogP contribution in [0.5, 0.6) is 5.75 Å². The number of aliphatic carboxylic acids is 1. The number of alkyl halides is 6. The number of carbonyl (C=O) groups is 1. The molecule has 0 spiro atoms. The minimum Gasteiger partial charge on any atom is -0.493 e. The highest BCUT2D eigenvalue weighted by atomic mass is 19.4. The van der Waals surface area contributed by atoms with Gasteiger partial charge in [0.2, 0.25) is 0 Å². The van der Waals surface area contributed by atoms with Crippen LogP contribution in [0.25, 0.3) is 0 Å². The Bertz CT molecular complexity index is 1060. The lowest BCUT2D eigenvalue weighted by Gasteiger charge is -2.24. The summed E-state index contributed by atoms with van der Waals surface area (Å²) in [5.74, 6) is -0.272. The molecule has 1 saturated carbocycles. The van der Waals surface area contributed by atoms with E-state index >= 15 is 0 Å². The van der Waals surface area contributed by atoms with E-state index in [4.69, 9.17) is 4.74 Å². The summed E-state index contributed by atoms with van der Waals surface area (Å²) >= 11 is 0. The summed E-state index contributed by atoms with van der Waals surface area (Å²) in [6, 6.07) is 8.68. The number of carboxylic acid groups (broad SMARTS) is 1. The minimum atomic E-state index is -4.78. The number of carboxylic acids is 1. The molecule has 1 aliphatic carbocycles. The number of hydrogen-bond donors (Lipinski definition) is 1. The molecule has 4 rings (SSSR count). The van der Waals surface area contributed by atoms with Gasteiger partial charge in [-0.2, -0.15) is 26.3 Å². The van der Waals surface area contributed by atoms with E-state index in [2.05, 4.69) is 0 Å². The zero-order chi connectivity index (χ0) is 25.4. The van der Waals surface area contributed by atoms with Gasteiger partial charge in [0.05, 0.1) is 24.2 Å². The molecule has 0 radical (unpaired) electrons. The van der Waals surface area contributed by atoms with Crippen LogP contribution in [-0.4, -0.2) is 30.8 Å². The largest absolute Gasteiger partial charge is 0.493 e. The van der Waals surface area contributed by atoms with E-state index < -0.39 is 35.1 Å². The van der Waals surface area contributed by atoms with E-state index in [-0.39, 0.29) is 38.0 Å². The minimum absolute atomic E-state index is 0.0320. The number of ether oxygens (including phenoxy) is 1. The van der Waals surface area contributed by atoms with E-state index in [0.29, 0.717) is 36.3 Å². The maximum Gasteiger partial charge on any atom is 0.418 e. The molecule has 0 amide bonds. The maximum absolute atomic E-state index is 13.5. The van der Waals surface area contributed by atoms with Crippen molar-refractivity contribution in [1.82, 2.24) is 0 Å². The Morgan fingerprint density at radius 3 is 2.40 bits per heavy atom. The van der Waals surface area contributed by atoms with Crippen LogP contribution in [0.2, 0.25) is 0 Å². The lowest BCUT2D eigenvalue weighted by atomic mass is 9.91. The first-order chi connectivity index (χ1) is 16.4. The van der Waals surface area contributed by atoms with E-state index in [1.54, 1.807) is 18.2 Å². The second-order valence-corrected chi connectivity index (χ2v) is 9.25. The highest BCUT2D eigenvalue weighted by Crippen LogP contribution is 2.45. The third-order valence-electron chi connectivity index (χ3n) is 6.61. The van der Waals surface area contributed by atoms with E-state index in [9.17, 15) is 36.2 Å². The summed E-state index contributed by atoms with van der Waals surface area (Å²) in [4.78, 5) is 12.6. The van der Waals surface area contributed by atoms with Crippen LogP contribution in [0.1, 0.15) is 48.3 Å². The lowest BCUT2D eigenvalue weighted by Crippen LogP contribution is -2.25. The molecule has 0 aromatic heterocycles. The third kappa shape index (κ3) is 6.21. The topological polar surface area (TPSA) is 49.8 Å². The highest BCUT2D eigenvalue weighted by molar-refractivity contribution is 5.68. The van der Waals surface area contributed by atoms with Crippen molar-refractivity contribution in [3.8, 4) is 5.75 Å². The fourth-order valence-corrected chi connectivity index (χ4v) is 4.69. The molecule has 2 atom stereocenters. The highest BCUT2D eigenvalue weighted by Gasteiger charge is 2.39.